The second-order valence-electron chi connectivity index (χ2n) is 4.59. The van der Waals surface area contributed by atoms with E-state index in [0.29, 0.717) is 5.56 Å². The number of rotatable bonds is 3. The smallest absolute Gasteiger partial charge is 0.269 e. The lowest BCUT2D eigenvalue weighted by Gasteiger charge is -2.09. The fraction of sp³-hybridized carbons (Fsp3) is 0.133. The van der Waals surface area contributed by atoms with Gasteiger partial charge in [-0.2, -0.15) is 5.26 Å². The summed E-state index contributed by atoms with van der Waals surface area (Å²) in [6.07, 6.45) is 1.43. The summed E-state index contributed by atoms with van der Waals surface area (Å²) in [5, 5.41) is 11.5. The monoisotopic (exact) mass is 319 g/mol. The van der Waals surface area contributed by atoms with Crippen LogP contribution in [0.3, 0.4) is 0 Å². The van der Waals surface area contributed by atoms with Crippen molar-refractivity contribution in [2.75, 3.05) is 5.32 Å². The summed E-state index contributed by atoms with van der Waals surface area (Å²) in [5.41, 5.74) is 0.248. The summed E-state index contributed by atoms with van der Waals surface area (Å²) in [5.74, 6) is -1.03. The van der Waals surface area contributed by atoms with Gasteiger partial charge >= 0.3 is 0 Å². The van der Waals surface area contributed by atoms with Crippen molar-refractivity contribution in [3.63, 3.8) is 0 Å². The molecule has 0 aliphatic heterocycles. The largest absolute Gasteiger partial charge is 0.323 e. The Balaban J connectivity index is 2.20. The number of nitrogens with one attached hydrogen (secondary N) is 1. The quantitative estimate of drug-likeness (QED) is 0.944. The van der Waals surface area contributed by atoms with E-state index in [2.05, 4.69) is 5.32 Å². The van der Waals surface area contributed by atoms with Gasteiger partial charge in [0.15, 0.2) is 0 Å². The lowest BCUT2D eigenvalue weighted by Crippen LogP contribution is -2.29. The number of nitrogens with zero attached hydrogens (tertiary/aromatic N) is 2. The van der Waals surface area contributed by atoms with Crippen LogP contribution in [-0.2, 0) is 11.3 Å². The van der Waals surface area contributed by atoms with Gasteiger partial charge in [0.1, 0.15) is 24.0 Å². The van der Waals surface area contributed by atoms with E-state index in [1.807, 2.05) is 6.07 Å². The van der Waals surface area contributed by atoms with Crippen molar-refractivity contribution in [3.05, 3.63) is 62.8 Å². The van der Waals surface area contributed by atoms with Crippen molar-refractivity contribution in [1.82, 2.24) is 4.57 Å². The minimum atomic E-state index is -0.539. The Morgan fingerprint density at radius 1 is 1.45 bits per heavy atom. The van der Waals surface area contributed by atoms with Crippen molar-refractivity contribution < 1.29 is 9.18 Å². The molecule has 0 bridgehead atoms. The second-order valence-corrected chi connectivity index (χ2v) is 5.00. The molecule has 1 heterocycles. The molecule has 0 saturated carbocycles. The van der Waals surface area contributed by atoms with Crippen molar-refractivity contribution in [2.45, 2.75) is 13.5 Å². The van der Waals surface area contributed by atoms with Gasteiger partial charge in [-0.1, -0.05) is 11.6 Å². The van der Waals surface area contributed by atoms with Gasteiger partial charge < -0.3 is 9.88 Å². The number of hydrogen-bond donors (Lipinski definition) is 1. The minimum Gasteiger partial charge on any atom is -0.323 e. The Hall–Kier alpha value is -2.65. The number of carbonyl (C=O) groups excluding carboxylic acids is 1. The Morgan fingerprint density at radius 2 is 2.18 bits per heavy atom. The zero-order valence-corrected chi connectivity index (χ0v) is 12.3. The molecular weight excluding hydrogens is 309 g/mol. The van der Waals surface area contributed by atoms with E-state index < -0.39 is 17.3 Å². The van der Waals surface area contributed by atoms with E-state index in [4.69, 9.17) is 16.9 Å². The first-order valence-electron chi connectivity index (χ1n) is 6.27. The molecule has 7 heteroatoms. The minimum absolute atomic E-state index is 0.00452. The normalized spacial score (nSPS) is 10.1. The van der Waals surface area contributed by atoms with E-state index in [9.17, 15) is 14.0 Å². The van der Waals surface area contributed by atoms with Crippen molar-refractivity contribution in [1.29, 1.82) is 5.26 Å². The Bertz CT molecular complexity index is 840. The van der Waals surface area contributed by atoms with Crippen LogP contribution in [0.2, 0.25) is 5.02 Å². The van der Waals surface area contributed by atoms with Gasteiger partial charge in [-0.15, -0.1) is 0 Å². The first kappa shape index (κ1) is 15.7. The van der Waals surface area contributed by atoms with Gasteiger partial charge in [-0.25, -0.2) is 4.39 Å². The highest BCUT2D eigenvalue weighted by atomic mass is 35.5. The third kappa shape index (κ3) is 3.32. The van der Waals surface area contributed by atoms with E-state index in [-0.39, 0.29) is 22.8 Å². The maximum absolute atomic E-state index is 12.9. The lowest BCUT2D eigenvalue weighted by atomic mass is 10.2. The van der Waals surface area contributed by atoms with Crippen LogP contribution in [0, 0.1) is 24.1 Å². The molecule has 0 spiro atoms. The molecule has 22 heavy (non-hydrogen) atoms. The fourth-order valence-corrected chi connectivity index (χ4v) is 2.08. The highest BCUT2D eigenvalue weighted by Gasteiger charge is 2.11. The third-order valence-electron chi connectivity index (χ3n) is 3.00. The predicted octanol–water partition coefficient (Wildman–Crippen LogP) is 2.46. The molecule has 5 nitrogen and oxygen atoms in total. The molecule has 1 aromatic carbocycles. The summed E-state index contributed by atoms with van der Waals surface area (Å²) in [6.45, 7) is 1.37. The van der Waals surface area contributed by atoms with Crippen LogP contribution < -0.4 is 10.9 Å². The number of nitriles is 1. The number of carbonyl (C=O) groups is 1. The average Bonchev–Trinajstić information content (AvgIpc) is 2.46. The number of benzene rings is 1. The Morgan fingerprint density at radius 3 is 2.82 bits per heavy atom. The van der Waals surface area contributed by atoms with Crippen LogP contribution in [-0.4, -0.2) is 10.5 Å². The number of anilines is 1. The second kappa shape index (κ2) is 6.41. The number of aryl methyl sites for hydroxylation is 1. The molecule has 0 aliphatic carbocycles. The summed E-state index contributed by atoms with van der Waals surface area (Å²) < 4.78 is 14.1. The van der Waals surface area contributed by atoms with Gasteiger partial charge in [-0.05, 0) is 36.8 Å². The van der Waals surface area contributed by atoms with Crippen LogP contribution in [0.1, 0.15) is 11.1 Å². The molecule has 0 fully saturated rings. The van der Waals surface area contributed by atoms with Gasteiger partial charge in [0, 0.05) is 6.20 Å². The fourth-order valence-electron chi connectivity index (χ4n) is 1.86. The summed E-state index contributed by atoms with van der Waals surface area (Å²) in [4.78, 5) is 24.0. The lowest BCUT2D eigenvalue weighted by molar-refractivity contribution is -0.116. The van der Waals surface area contributed by atoms with Crippen LogP contribution in [0.4, 0.5) is 10.1 Å². The van der Waals surface area contributed by atoms with Gasteiger partial charge in [0.2, 0.25) is 5.91 Å². The molecule has 1 amide bonds. The van der Waals surface area contributed by atoms with Crippen molar-refractivity contribution in [3.8, 4) is 6.07 Å². The number of halogens is 2. The number of hydrogen-bond acceptors (Lipinski definition) is 3. The van der Waals surface area contributed by atoms with Gasteiger partial charge in [-0.3, -0.25) is 9.59 Å². The molecule has 0 radical (unpaired) electrons. The number of aromatic nitrogens is 1. The summed E-state index contributed by atoms with van der Waals surface area (Å²) >= 11 is 5.81. The molecule has 112 valence electrons. The van der Waals surface area contributed by atoms with Gasteiger partial charge in [0.25, 0.3) is 5.56 Å². The molecule has 1 N–H and O–H groups in total. The molecular formula is C15H11ClFN3O2. The van der Waals surface area contributed by atoms with Crippen LogP contribution in [0.5, 0.6) is 0 Å². The van der Waals surface area contributed by atoms with Crippen LogP contribution in [0.15, 0.2) is 35.3 Å². The SMILES string of the molecule is Cc1ccn(CC(=O)Nc2ccc(F)cc2Cl)c(=O)c1C#N. The molecule has 0 aliphatic rings. The zero-order valence-electron chi connectivity index (χ0n) is 11.6. The van der Waals surface area contributed by atoms with Gasteiger partial charge in [0.05, 0.1) is 10.7 Å². The molecule has 2 aromatic rings. The first-order chi connectivity index (χ1) is 10.4. The molecule has 2 rings (SSSR count). The van der Waals surface area contributed by atoms with E-state index in [1.54, 1.807) is 13.0 Å². The topological polar surface area (TPSA) is 74.9 Å². The highest BCUT2D eigenvalue weighted by molar-refractivity contribution is 6.33. The van der Waals surface area contributed by atoms with Crippen molar-refractivity contribution >= 4 is 23.2 Å². The first-order valence-corrected chi connectivity index (χ1v) is 6.65. The van der Waals surface area contributed by atoms with E-state index in [1.165, 1.54) is 12.3 Å². The van der Waals surface area contributed by atoms with Crippen molar-refractivity contribution in [2.24, 2.45) is 0 Å². The van der Waals surface area contributed by atoms with E-state index in [0.717, 1.165) is 16.7 Å². The van der Waals surface area contributed by atoms with E-state index >= 15 is 0 Å². The number of amides is 1. The highest BCUT2D eigenvalue weighted by Crippen LogP contribution is 2.22. The van der Waals surface area contributed by atoms with Crippen LogP contribution in [0.25, 0.3) is 0 Å². The number of pyridine rings is 1. The molecule has 0 atom stereocenters. The molecule has 1 aromatic heterocycles. The zero-order chi connectivity index (χ0) is 16.3. The Kier molecular flexibility index (Phi) is 4.59. The summed E-state index contributed by atoms with van der Waals surface area (Å²) in [6, 6.07) is 6.96. The maximum Gasteiger partial charge on any atom is 0.269 e. The maximum atomic E-state index is 12.9. The third-order valence-corrected chi connectivity index (χ3v) is 3.32. The summed E-state index contributed by atoms with van der Waals surface area (Å²) in [7, 11) is 0. The van der Waals surface area contributed by atoms with Crippen LogP contribution >= 0.6 is 11.6 Å². The average molecular weight is 320 g/mol. The predicted molar refractivity (Wildman–Crippen MR) is 80.2 cm³/mol. The standard InChI is InChI=1S/C15H11ClFN3O2/c1-9-4-5-20(15(22)11(9)7-18)8-14(21)19-13-3-2-10(17)6-12(13)16/h2-6H,8H2,1H3,(H,19,21). The Labute approximate surface area is 130 Å². The molecule has 0 saturated heterocycles. The molecule has 0 unspecified atom stereocenters.